The summed E-state index contributed by atoms with van der Waals surface area (Å²) in [5, 5.41) is 8.85. The molecule has 0 spiro atoms. The van der Waals surface area contributed by atoms with Crippen LogP contribution in [-0.4, -0.2) is 35.4 Å². The Hall–Kier alpha value is -1.43. The zero-order chi connectivity index (χ0) is 14.5. The van der Waals surface area contributed by atoms with Crippen molar-refractivity contribution in [3.63, 3.8) is 0 Å². The van der Waals surface area contributed by atoms with Crippen LogP contribution in [-0.2, 0) is 25.6 Å². The number of benzene rings is 1. The van der Waals surface area contributed by atoms with Crippen LogP contribution >= 0.6 is 0 Å². The van der Waals surface area contributed by atoms with Crippen molar-refractivity contribution in [3.05, 3.63) is 35.4 Å². The Balaban J connectivity index is 2.73. The number of sulfonamides is 1. The third-order valence-electron chi connectivity index (χ3n) is 2.28. The maximum atomic E-state index is 11.7. The Kier molecular flexibility index (Phi) is 5.05. The van der Waals surface area contributed by atoms with Gasteiger partial charge in [0.05, 0.1) is 23.1 Å². The van der Waals surface area contributed by atoms with E-state index in [0.29, 0.717) is 5.56 Å². The minimum atomic E-state index is -3.66. The molecule has 0 atom stereocenters. The third kappa shape index (κ3) is 5.83. The van der Waals surface area contributed by atoms with Gasteiger partial charge in [0.1, 0.15) is 9.84 Å². The van der Waals surface area contributed by atoms with E-state index in [1.807, 2.05) is 6.07 Å². The number of nitriles is 1. The summed E-state index contributed by atoms with van der Waals surface area (Å²) in [5.41, 5.74) is 0.674. The highest BCUT2D eigenvalue weighted by molar-refractivity contribution is 7.91. The average molecular weight is 302 g/mol. The summed E-state index contributed by atoms with van der Waals surface area (Å²) in [5.74, 6) is -0.605. The van der Waals surface area contributed by atoms with Crippen LogP contribution in [0.3, 0.4) is 0 Å². The molecule has 1 rings (SSSR count). The van der Waals surface area contributed by atoms with Crippen molar-refractivity contribution in [2.75, 3.05) is 18.6 Å². The number of hydrogen-bond acceptors (Lipinski definition) is 5. The second-order valence-electron chi connectivity index (χ2n) is 4.05. The zero-order valence-electron chi connectivity index (χ0n) is 10.3. The quantitative estimate of drug-likeness (QED) is 0.798. The van der Waals surface area contributed by atoms with Gasteiger partial charge in [-0.2, -0.15) is 5.26 Å². The molecule has 1 N–H and O–H groups in total. The predicted molar refractivity (Wildman–Crippen MR) is 71.5 cm³/mol. The van der Waals surface area contributed by atoms with Crippen molar-refractivity contribution in [1.29, 1.82) is 5.26 Å². The standard InChI is InChI=1S/C11H14N2O4S2/c1-18(14,15)7-6-13-19(16,17)9-11-5-3-2-4-10(11)8-12/h2-5,13H,6-7,9H2,1H3. The maximum Gasteiger partial charge on any atom is 0.215 e. The molecule has 0 saturated heterocycles. The molecule has 1 aromatic carbocycles. The van der Waals surface area contributed by atoms with E-state index in [4.69, 9.17) is 5.26 Å². The van der Waals surface area contributed by atoms with Crippen LogP contribution in [0.5, 0.6) is 0 Å². The summed E-state index contributed by atoms with van der Waals surface area (Å²) in [6.45, 7) is -0.171. The molecule has 6 nitrogen and oxygen atoms in total. The van der Waals surface area contributed by atoms with Gasteiger partial charge in [0.15, 0.2) is 0 Å². The smallest absolute Gasteiger partial charge is 0.215 e. The Morgan fingerprint density at radius 1 is 1.21 bits per heavy atom. The van der Waals surface area contributed by atoms with Crippen LogP contribution in [0.1, 0.15) is 11.1 Å². The summed E-state index contributed by atoms with van der Waals surface area (Å²) in [6.07, 6.45) is 1.03. The molecule has 0 saturated carbocycles. The fourth-order valence-corrected chi connectivity index (χ4v) is 3.17. The molecule has 0 heterocycles. The first kappa shape index (κ1) is 15.6. The molecule has 0 aliphatic heterocycles. The van der Waals surface area contributed by atoms with Gasteiger partial charge in [-0.1, -0.05) is 18.2 Å². The SMILES string of the molecule is CS(=O)(=O)CCNS(=O)(=O)Cc1ccccc1C#N. The molecule has 0 aliphatic rings. The monoisotopic (exact) mass is 302 g/mol. The molecular formula is C11H14N2O4S2. The Labute approximate surface area is 113 Å². The fourth-order valence-electron chi connectivity index (χ4n) is 1.39. The second kappa shape index (κ2) is 6.14. The summed E-state index contributed by atoms with van der Waals surface area (Å²) in [6, 6.07) is 8.28. The van der Waals surface area contributed by atoms with Crippen LogP contribution in [0.15, 0.2) is 24.3 Å². The average Bonchev–Trinajstić information content (AvgIpc) is 2.27. The zero-order valence-corrected chi connectivity index (χ0v) is 12.0. The summed E-state index contributed by atoms with van der Waals surface area (Å²) in [7, 11) is -6.87. The van der Waals surface area contributed by atoms with Crippen molar-refractivity contribution in [3.8, 4) is 6.07 Å². The first-order valence-electron chi connectivity index (χ1n) is 5.36. The second-order valence-corrected chi connectivity index (χ2v) is 8.12. The molecule has 19 heavy (non-hydrogen) atoms. The normalized spacial score (nSPS) is 12.0. The van der Waals surface area contributed by atoms with Crippen molar-refractivity contribution >= 4 is 19.9 Å². The number of hydrogen-bond donors (Lipinski definition) is 1. The van der Waals surface area contributed by atoms with E-state index in [0.717, 1.165) is 6.26 Å². The van der Waals surface area contributed by atoms with E-state index in [9.17, 15) is 16.8 Å². The highest BCUT2D eigenvalue weighted by atomic mass is 32.2. The predicted octanol–water partition coefficient (Wildman–Crippen LogP) is 0.0223. The Morgan fingerprint density at radius 2 is 1.84 bits per heavy atom. The third-order valence-corrected chi connectivity index (χ3v) is 4.56. The first-order valence-corrected chi connectivity index (χ1v) is 9.08. The van der Waals surface area contributed by atoms with Gasteiger partial charge in [-0.25, -0.2) is 21.6 Å². The highest BCUT2D eigenvalue weighted by Crippen LogP contribution is 2.10. The van der Waals surface area contributed by atoms with E-state index in [-0.39, 0.29) is 23.6 Å². The molecule has 0 unspecified atom stereocenters. The number of sulfone groups is 1. The van der Waals surface area contributed by atoms with Gasteiger partial charge in [0.2, 0.25) is 10.0 Å². The van der Waals surface area contributed by atoms with Crippen molar-refractivity contribution in [2.24, 2.45) is 0 Å². The Morgan fingerprint density at radius 3 is 2.42 bits per heavy atom. The Bertz CT molecular complexity index is 688. The molecule has 0 bridgehead atoms. The van der Waals surface area contributed by atoms with Crippen LogP contribution in [0, 0.1) is 11.3 Å². The van der Waals surface area contributed by atoms with Crippen molar-refractivity contribution in [2.45, 2.75) is 5.75 Å². The van der Waals surface area contributed by atoms with E-state index in [1.165, 1.54) is 6.07 Å². The van der Waals surface area contributed by atoms with Gasteiger partial charge in [-0.05, 0) is 11.6 Å². The van der Waals surface area contributed by atoms with Crippen molar-refractivity contribution < 1.29 is 16.8 Å². The van der Waals surface area contributed by atoms with E-state index < -0.39 is 19.9 Å². The lowest BCUT2D eigenvalue weighted by molar-refractivity contribution is 0.581. The maximum absolute atomic E-state index is 11.7. The molecular weight excluding hydrogens is 288 g/mol. The van der Waals surface area contributed by atoms with Gasteiger partial charge in [-0.15, -0.1) is 0 Å². The molecule has 0 fully saturated rings. The van der Waals surface area contributed by atoms with Gasteiger partial charge < -0.3 is 0 Å². The summed E-state index contributed by atoms with van der Waals surface area (Å²) in [4.78, 5) is 0. The lowest BCUT2D eigenvalue weighted by Crippen LogP contribution is -2.30. The molecule has 0 aliphatic carbocycles. The molecule has 8 heteroatoms. The van der Waals surface area contributed by atoms with Gasteiger partial charge in [0.25, 0.3) is 0 Å². The lowest BCUT2D eigenvalue weighted by atomic mass is 10.1. The van der Waals surface area contributed by atoms with Gasteiger partial charge in [0, 0.05) is 12.8 Å². The number of nitrogens with zero attached hydrogens (tertiary/aromatic N) is 1. The molecule has 104 valence electrons. The largest absolute Gasteiger partial charge is 0.229 e. The van der Waals surface area contributed by atoms with E-state index >= 15 is 0 Å². The van der Waals surface area contributed by atoms with E-state index in [2.05, 4.69) is 4.72 Å². The van der Waals surface area contributed by atoms with Crippen LogP contribution in [0.2, 0.25) is 0 Å². The number of rotatable bonds is 6. The lowest BCUT2D eigenvalue weighted by Gasteiger charge is -2.07. The topological polar surface area (TPSA) is 104 Å². The minimum absolute atomic E-state index is 0.171. The minimum Gasteiger partial charge on any atom is -0.229 e. The van der Waals surface area contributed by atoms with Crippen molar-refractivity contribution in [1.82, 2.24) is 4.72 Å². The molecule has 0 radical (unpaired) electrons. The first-order chi connectivity index (χ1) is 8.73. The van der Waals surface area contributed by atoms with Gasteiger partial charge >= 0.3 is 0 Å². The molecule has 0 aromatic heterocycles. The summed E-state index contributed by atoms with van der Waals surface area (Å²) >= 11 is 0. The number of nitrogens with one attached hydrogen (secondary N) is 1. The van der Waals surface area contributed by atoms with Gasteiger partial charge in [-0.3, -0.25) is 0 Å². The fraction of sp³-hybridized carbons (Fsp3) is 0.364. The van der Waals surface area contributed by atoms with E-state index in [1.54, 1.807) is 18.2 Å². The van der Waals surface area contributed by atoms with Crippen LogP contribution in [0.4, 0.5) is 0 Å². The molecule has 1 aromatic rings. The highest BCUT2D eigenvalue weighted by Gasteiger charge is 2.14. The van der Waals surface area contributed by atoms with Crippen LogP contribution in [0.25, 0.3) is 0 Å². The van der Waals surface area contributed by atoms with Crippen LogP contribution < -0.4 is 4.72 Å². The molecule has 0 amide bonds. The summed E-state index contributed by atoms with van der Waals surface area (Å²) < 4.78 is 47.5.